The van der Waals surface area contributed by atoms with E-state index in [1.54, 1.807) is 38.4 Å². The highest BCUT2D eigenvalue weighted by atomic mass is 79.9. The molecule has 0 bridgehead atoms. The number of aliphatic imine (C=N–C) groups is 1. The Kier molecular flexibility index (Phi) is 16.6. The largest absolute Gasteiger partial charge is 0.478 e. The average molecular weight is 949 g/mol. The Morgan fingerprint density at radius 3 is 2.39 bits per heavy atom. The molecule has 2 aliphatic heterocycles. The number of aromatic nitrogens is 4. The maximum atomic E-state index is 13.4. The number of nitrogens with zero attached hydrogens (tertiary/aromatic N) is 7. The minimum atomic E-state index is -1.43. The number of carbonyl (C=O) groups excluding carboxylic acids is 4. The first-order valence-corrected chi connectivity index (χ1v) is 20.8. The molecule has 0 spiro atoms. The fourth-order valence-electron chi connectivity index (χ4n) is 6.09. The standard InChI is InChI=1S/C38H46BrN9O13S/c1-21(34(53)48-12-11-42-37(48)44-25-5-6-26-31(30(25)39)41-10-9-40-26)60-36(56)22(2)59-28(51)7-8-29(52)61-24(19-43-38(3,4)18-23(35(54)55)17-27(49)50)20-58-33-32(45-62-46-33)47-13-15-57-16-14-47/h5-6,9-10,17,21-22,24,43H,7-8,11-16,18-20H2,1-4H3,(H,42,44)(H,49,50)(H,54,55)/b23-17-/t21?,22?,24-/m0/s1. The Hall–Kier alpha value is -5.85. The Morgan fingerprint density at radius 2 is 1.68 bits per heavy atom. The van der Waals surface area contributed by atoms with Gasteiger partial charge in [0.2, 0.25) is 11.8 Å². The van der Waals surface area contributed by atoms with Crippen molar-refractivity contribution in [3.8, 4) is 5.88 Å². The monoisotopic (exact) mass is 947 g/mol. The summed E-state index contributed by atoms with van der Waals surface area (Å²) in [6, 6.07) is 3.52. The van der Waals surface area contributed by atoms with Gasteiger partial charge in [0, 0.05) is 55.8 Å². The molecule has 5 rings (SSSR count). The molecule has 2 aliphatic rings. The van der Waals surface area contributed by atoms with E-state index < -0.39 is 72.4 Å². The van der Waals surface area contributed by atoms with Crippen LogP contribution < -0.4 is 20.3 Å². The number of esters is 3. The first-order valence-electron chi connectivity index (χ1n) is 19.3. The molecule has 4 N–H and O–H groups in total. The second kappa shape index (κ2) is 21.8. The van der Waals surface area contributed by atoms with E-state index in [0.29, 0.717) is 65.9 Å². The number of fused-ring (bicyclic) bond motifs is 1. The molecule has 334 valence electrons. The highest BCUT2D eigenvalue weighted by molar-refractivity contribution is 9.10. The van der Waals surface area contributed by atoms with Gasteiger partial charge >= 0.3 is 29.8 Å². The molecule has 2 unspecified atom stereocenters. The Labute approximate surface area is 367 Å². The molecule has 24 heteroatoms. The van der Waals surface area contributed by atoms with Crippen LogP contribution in [0, 0.1) is 0 Å². The van der Waals surface area contributed by atoms with Gasteiger partial charge in [0.05, 0.1) is 60.0 Å². The molecule has 3 aromatic rings. The lowest BCUT2D eigenvalue weighted by atomic mass is 9.94. The predicted molar refractivity (Wildman–Crippen MR) is 224 cm³/mol. The Balaban J connectivity index is 1.12. The highest BCUT2D eigenvalue weighted by Crippen LogP contribution is 2.30. The second-order valence-corrected chi connectivity index (χ2v) is 15.9. The summed E-state index contributed by atoms with van der Waals surface area (Å²) in [5, 5.41) is 24.8. The number of carbonyl (C=O) groups is 6. The van der Waals surface area contributed by atoms with Crippen molar-refractivity contribution in [1.29, 1.82) is 0 Å². The number of nitrogens with one attached hydrogen (secondary N) is 2. The molecule has 1 fully saturated rings. The molecule has 0 radical (unpaired) electrons. The molecule has 62 heavy (non-hydrogen) atoms. The van der Waals surface area contributed by atoms with E-state index in [0.717, 1.165) is 11.7 Å². The number of halogens is 1. The number of benzene rings is 1. The number of guanidine groups is 1. The maximum Gasteiger partial charge on any atom is 0.347 e. The van der Waals surface area contributed by atoms with E-state index in [4.69, 9.17) is 28.8 Å². The fraction of sp³-hybridized carbons (Fsp3) is 0.500. The molecule has 22 nitrogen and oxygen atoms in total. The maximum absolute atomic E-state index is 13.4. The predicted octanol–water partition coefficient (Wildman–Crippen LogP) is 2.18. The minimum absolute atomic E-state index is 0.0790. The van der Waals surface area contributed by atoms with Crippen LogP contribution in [-0.2, 0) is 47.7 Å². The van der Waals surface area contributed by atoms with Gasteiger partial charge in [-0.15, -0.1) is 4.37 Å². The van der Waals surface area contributed by atoms with Crippen molar-refractivity contribution < 1.29 is 62.7 Å². The van der Waals surface area contributed by atoms with Crippen LogP contribution in [0.3, 0.4) is 0 Å². The van der Waals surface area contributed by atoms with E-state index in [2.05, 4.69) is 50.3 Å². The number of hydrogen-bond acceptors (Lipinski definition) is 20. The third-order valence-corrected chi connectivity index (χ3v) is 10.5. The first-order chi connectivity index (χ1) is 29.5. The number of ether oxygens (including phenoxy) is 5. The number of aliphatic carboxylic acids is 2. The quantitative estimate of drug-likeness (QED) is 0.0717. The van der Waals surface area contributed by atoms with Gasteiger partial charge in [-0.25, -0.2) is 14.4 Å². The van der Waals surface area contributed by atoms with Gasteiger partial charge in [0.25, 0.3) is 11.8 Å². The van der Waals surface area contributed by atoms with Gasteiger partial charge in [0.15, 0.2) is 12.2 Å². The zero-order valence-corrected chi connectivity index (χ0v) is 36.6. The molecule has 1 saturated heterocycles. The summed E-state index contributed by atoms with van der Waals surface area (Å²) >= 11 is 4.45. The van der Waals surface area contributed by atoms with Crippen molar-refractivity contribution in [3.63, 3.8) is 0 Å². The first kappa shape index (κ1) is 47.2. The van der Waals surface area contributed by atoms with Crippen molar-refractivity contribution in [3.05, 3.63) is 40.6 Å². The topological polar surface area (TPSA) is 283 Å². The van der Waals surface area contributed by atoms with E-state index in [1.807, 2.05) is 4.90 Å². The van der Waals surface area contributed by atoms with Gasteiger partial charge in [-0.2, -0.15) is 4.37 Å². The number of rotatable bonds is 20. The molecular formula is C38H46BrN9O13S. The van der Waals surface area contributed by atoms with Gasteiger partial charge in [0.1, 0.15) is 18.2 Å². The van der Waals surface area contributed by atoms with E-state index in [9.17, 15) is 33.9 Å². The normalized spacial score (nSPS) is 15.9. The summed E-state index contributed by atoms with van der Waals surface area (Å²) in [5.41, 5.74) is 0.502. The third-order valence-electron chi connectivity index (χ3n) is 9.22. The van der Waals surface area contributed by atoms with Crippen LogP contribution in [0.5, 0.6) is 5.88 Å². The van der Waals surface area contributed by atoms with Crippen LogP contribution in [0.1, 0.15) is 47.0 Å². The number of anilines is 2. The van der Waals surface area contributed by atoms with Crippen molar-refractivity contribution in [2.24, 2.45) is 4.99 Å². The van der Waals surface area contributed by atoms with E-state index >= 15 is 0 Å². The van der Waals surface area contributed by atoms with Crippen LogP contribution in [0.4, 0.5) is 11.5 Å². The van der Waals surface area contributed by atoms with Crippen LogP contribution in [-0.4, -0.2) is 152 Å². The highest BCUT2D eigenvalue weighted by Gasteiger charge is 2.33. The second-order valence-electron chi connectivity index (χ2n) is 14.6. The van der Waals surface area contributed by atoms with Crippen LogP contribution in [0.25, 0.3) is 11.0 Å². The Bertz CT molecular complexity index is 2200. The van der Waals surface area contributed by atoms with Crippen LogP contribution in [0.15, 0.2) is 45.6 Å². The SMILES string of the molecule is CC(OC(=O)CCC(=O)O[C@@H](CNC(C)(C)C/C(=C/C(=O)O)C(=O)O)COc1nsnc1N1CCOCC1)C(=O)OC(C)C(=O)N1CCN=C1Nc1ccc2nccnc2c1Br. The van der Waals surface area contributed by atoms with Crippen LogP contribution >= 0.6 is 27.7 Å². The zero-order valence-electron chi connectivity index (χ0n) is 34.2. The van der Waals surface area contributed by atoms with Gasteiger partial charge < -0.3 is 49.4 Å². The number of carboxylic acids is 2. The van der Waals surface area contributed by atoms with Gasteiger partial charge in [-0.3, -0.25) is 34.2 Å². The molecule has 1 amide bonds. The van der Waals surface area contributed by atoms with Crippen molar-refractivity contribution in [2.45, 2.75) is 70.8 Å². The summed E-state index contributed by atoms with van der Waals surface area (Å²) in [6.07, 6.45) is -1.12. The van der Waals surface area contributed by atoms with Crippen LogP contribution in [0.2, 0.25) is 0 Å². The summed E-state index contributed by atoms with van der Waals surface area (Å²) in [5.74, 6) is -5.21. The number of amides is 1. The average Bonchev–Trinajstić information content (AvgIpc) is 3.91. The lowest BCUT2D eigenvalue weighted by Gasteiger charge is -2.29. The number of hydrogen-bond donors (Lipinski definition) is 4. The third kappa shape index (κ3) is 13.3. The molecule has 1 aromatic carbocycles. The van der Waals surface area contributed by atoms with Crippen molar-refractivity contribution in [2.75, 3.05) is 62.8 Å². The molecular weight excluding hydrogens is 902 g/mol. The molecule has 3 atom stereocenters. The molecule has 2 aromatic heterocycles. The molecule has 0 saturated carbocycles. The van der Waals surface area contributed by atoms with Crippen molar-refractivity contribution in [1.82, 2.24) is 28.9 Å². The smallest absolute Gasteiger partial charge is 0.347 e. The summed E-state index contributed by atoms with van der Waals surface area (Å²) in [6.45, 7) is 8.25. The summed E-state index contributed by atoms with van der Waals surface area (Å²) < 4.78 is 36.7. The minimum Gasteiger partial charge on any atom is -0.478 e. The van der Waals surface area contributed by atoms with Crippen molar-refractivity contribution >= 4 is 91.9 Å². The van der Waals surface area contributed by atoms with E-state index in [1.165, 1.54) is 18.7 Å². The molecule has 4 heterocycles. The lowest BCUT2D eigenvalue weighted by molar-refractivity contribution is -0.173. The lowest BCUT2D eigenvalue weighted by Crippen LogP contribution is -2.46. The number of carboxylic acid groups (broad SMARTS) is 2. The zero-order chi connectivity index (χ0) is 45.0. The summed E-state index contributed by atoms with van der Waals surface area (Å²) in [7, 11) is 0. The molecule has 0 aliphatic carbocycles. The van der Waals surface area contributed by atoms with Gasteiger partial charge in [-0.1, -0.05) is 0 Å². The number of morpholine rings is 1. The van der Waals surface area contributed by atoms with Gasteiger partial charge in [-0.05, 0) is 62.2 Å². The van der Waals surface area contributed by atoms with E-state index in [-0.39, 0.29) is 43.5 Å². The fourth-order valence-corrected chi connectivity index (χ4v) is 7.15. The Morgan fingerprint density at radius 1 is 0.968 bits per heavy atom. The summed E-state index contributed by atoms with van der Waals surface area (Å²) in [4.78, 5) is 91.2.